The zero-order valence-corrected chi connectivity index (χ0v) is 9.88. The van der Waals surface area contributed by atoms with Gasteiger partial charge in [-0.05, 0) is 18.6 Å². The molecule has 0 radical (unpaired) electrons. The molecular formula is C8H9F3O3S2. The van der Waals surface area contributed by atoms with Crippen LogP contribution in [0.2, 0.25) is 0 Å². The summed E-state index contributed by atoms with van der Waals surface area (Å²) in [5.41, 5.74) is 0. The van der Waals surface area contributed by atoms with Crippen LogP contribution in [0.25, 0.3) is 0 Å². The van der Waals surface area contributed by atoms with Crippen molar-refractivity contribution >= 4 is 21.5 Å². The van der Waals surface area contributed by atoms with Gasteiger partial charge in [0.2, 0.25) is 0 Å². The van der Waals surface area contributed by atoms with Crippen molar-refractivity contribution in [2.24, 2.45) is 0 Å². The summed E-state index contributed by atoms with van der Waals surface area (Å²) in [6.45, 7) is 0.0213. The average Bonchev–Trinajstić information content (AvgIpc) is 2.62. The fourth-order valence-corrected chi connectivity index (χ4v) is 3.07. The molecule has 0 saturated carbocycles. The Hall–Kier alpha value is -0.600. The van der Waals surface area contributed by atoms with Crippen molar-refractivity contribution in [2.45, 2.75) is 23.7 Å². The number of hydrogen-bond donors (Lipinski definition) is 0. The lowest BCUT2D eigenvalue weighted by Crippen LogP contribution is -2.20. The highest BCUT2D eigenvalue weighted by Crippen LogP contribution is 2.25. The lowest BCUT2D eigenvalue weighted by molar-refractivity contribution is -0.152. The normalized spacial score (nSPS) is 13.0. The van der Waals surface area contributed by atoms with Crippen LogP contribution < -0.4 is 0 Å². The predicted molar refractivity (Wildman–Crippen MR) is 52.9 cm³/mol. The molecule has 1 aromatic rings. The fraction of sp³-hybridized carbons (Fsp3) is 0.500. The van der Waals surface area contributed by atoms with Gasteiger partial charge >= 0.3 is 16.3 Å². The van der Waals surface area contributed by atoms with E-state index in [-0.39, 0.29) is 4.21 Å². The Balaban J connectivity index is 2.78. The smallest absolute Gasteiger partial charge is 0.256 e. The highest BCUT2D eigenvalue weighted by molar-refractivity contribution is 7.89. The molecule has 0 aromatic carbocycles. The molecule has 0 spiro atoms. The van der Waals surface area contributed by atoms with Crippen LogP contribution in [-0.2, 0) is 20.7 Å². The Labute approximate surface area is 95.0 Å². The monoisotopic (exact) mass is 274 g/mol. The van der Waals surface area contributed by atoms with Crippen LogP contribution in [0.4, 0.5) is 13.2 Å². The van der Waals surface area contributed by atoms with E-state index in [1.165, 1.54) is 6.07 Å². The molecule has 0 amide bonds. The minimum absolute atomic E-state index is 0.200. The minimum Gasteiger partial charge on any atom is -0.256 e. The predicted octanol–water partition coefficient (Wildman–Crippen LogP) is 2.58. The summed E-state index contributed by atoms with van der Waals surface area (Å²) in [6, 6.07) is 2.80. The molecule has 1 heterocycles. The summed E-state index contributed by atoms with van der Waals surface area (Å²) >= 11 is 0.910. The third kappa shape index (κ3) is 3.76. The Morgan fingerprint density at radius 2 is 2.00 bits per heavy atom. The van der Waals surface area contributed by atoms with Gasteiger partial charge in [0.1, 0.15) is 4.21 Å². The van der Waals surface area contributed by atoms with Gasteiger partial charge in [0.25, 0.3) is 0 Å². The maximum absolute atomic E-state index is 11.8. The molecule has 1 aromatic heterocycles. The van der Waals surface area contributed by atoms with Gasteiger partial charge in [-0.15, -0.1) is 11.3 Å². The second kappa shape index (κ2) is 4.72. The fourth-order valence-electron chi connectivity index (χ4n) is 0.885. The van der Waals surface area contributed by atoms with Gasteiger partial charge in [-0.1, -0.05) is 6.92 Å². The number of aryl methyl sites for hydroxylation is 1. The molecule has 0 unspecified atom stereocenters. The molecule has 3 nitrogen and oxygen atoms in total. The van der Waals surface area contributed by atoms with Crippen LogP contribution in [0.3, 0.4) is 0 Å². The number of hydrogen-bond acceptors (Lipinski definition) is 4. The lowest BCUT2D eigenvalue weighted by atomic mass is 10.4. The highest BCUT2D eigenvalue weighted by atomic mass is 32.3. The van der Waals surface area contributed by atoms with Gasteiger partial charge in [-0.2, -0.15) is 21.6 Å². The molecule has 1 rings (SSSR count). The molecule has 0 bridgehead atoms. The third-order valence-corrected chi connectivity index (χ3v) is 4.55. The molecule has 92 valence electrons. The van der Waals surface area contributed by atoms with Gasteiger partial charge in [-0.3, -0.25) is 4.18 Å². The lowest BCUT2D eigenvalue weighted by Gasteiger charge is -2.06. The number of rotatable bonds is 4. The molecule has 0 fully saturated rings. The van der Waals surface area contributed by atoms with Gasteiger partial charge in [0.05, 0.1) is 0 Å². The molecule has 0 N–H and O–H groups in total. The van der Waals surface area contributed by atoms with Crippen LogP contribution in [0.15, 0.2) is 16.3 Å². The number of thiophene rings is 1. The van der Waals surface area contributed by atoms with E-state index in [9.17, 15) is 21.6 Å². The summed E-state index contributed by atoms with van der Waals surface area (Å²) in [5.74, 6) is 0. The van der Waals surface area contributed by atoms with Crippen molar-refractivity contribution in [3.05, 3.63) is 17.0 Å². The molecule has 0 saturated heterocycles. The quantitative estimate of drug-likeness (QED) is 0.793. The molecule has 0 atom stereocenters. The maximum atomic E-state index is 11.8. The van der Waals surface area contributed by atoms with Crippen molar-refractivity contribution in [3.63, 3.8) is 0 Å². The van der Waals surface area contributed by atoms with Crippen molar-refractivity contribution in [3.8, 4) is 0 Å². The minimum atomic E-state index is -4.65. The van der Waals surface area contributed by atoms with Crippen LogP contribution >= 0.6 is 11.3 Å². The van der Waals surface area contributed by atoms with E-state index in [0.717, 1.165) is 16.2 Å². The Morgan fingerprint density at radius 1 is 1.38 bits per heavy atom. The van der Waals surface area contributed by atoms with E-state index in [1.54, 1.807) is 6.07 Å². The van der Waals surface area contributed by atoms with Gasteiger partial charge in [0.15, 0.2) is 6.61 Å². The number of alkyl halides is 3. The Morgan fingerprint density at radius 3 is 2.44 bits per heavy atom. The van der Waals surface area contributed by atoms with E-state index in [2.05, 4.69) is 4.18 Å². The van der Waals surface area contributed by atoms with E-state index in [4.69, 9.17) is 0 Å². The summed E-state index contributed by atoms with van der Waals surface area (Å²) in [7, 11) is -4.28. The van der Waals surface area contributed by atoms with Crippen LogP contribution in [-0.4, -0.2) is 21.2 Å². The third-order valence-electron chi connectivity index (χ3n) is 1.61. The Kier molecular flexibility index (Phi) is 3.97. The summed E-state index contributed by atoms with van der Waals surface area (Å²) in [4.78, 5) is 0.772. The SMILES string of the molecule is CCc1ccc(S(=O)(=O)OCC(F)(F)F)s1. The highest BCUT2D eigenvalue weighted by Gasteiger charge is 2.32. The zero-order valence-electron chi connectivity index (χ0n) is 8.24. The van der Waals surface area contributed by atoms with Gasteiger partial charge in [0, 0.05) is 4.88 Å². The molecule has 0 aliphatic carbocycles. The molecule has 8 heteroatoms. The topological polar surface area (TPSA) is 43.4 Å². The van der Waals surface area contributed by atoms with Crippen LogP contribution in [0.5, 0.6) is 0 Å². The largest absolute Gasteiger partial charge is 0.413 e. The summed E-state index contributed by atoms with van der Waals surface area (Å²) in [6.07, 6.45) is -4.03. The van der Waals surface area contributed by atoms with E-state index in [0.29, 0.717) is 6.42 Å². The van der Waals surface area contributed by atoms with E-state index < -0.39 is 22.9 Å². The van der Waals surface area contributed by atoms with Crippen molar-refractivity contribution < 1.29 is 25.8 Å². The average molecular weight is 274 g/mol. The summed E-state index contributed by atoms with van der Waals surface area (Å²) < 4.78 is 61.6. The number of halogens is 3. The van der Waals surface area contributed by atoms with Gasteiger partial charge in [-0.25, -0.2) is 0 Å². The standard InChI is InChI=1S/C8H9F3O3S2/c1-2-6-3-4-7(15-6)16(12,13)14-5-8(9,10)11/h3-4H,2,5H2,1H3. The second-order valence-electron chi connectivity index (χ2n) is 2.91. The van der Waals surface area contributed by atoms with E-state index in [1.807, 2.05) is 6.92 Å². The maximum Gasteiger partial charge on any atom is 0.413 e. The molecular weight excluding hydrogens is 265 g/mol. The van der Waals surface area contributed by atoms with Crippen LogP contribution in [0.1, 0.15) is 11.8 Å². The van der Waals surface area contributed by atoms with Crippen molar-refractivity contribution in [1.82, 2.24) is 0 Å². The van der Waals surface area contributed by atoms with E-state index >= 15 is 0 Å². The first kappa shape index (κ1) is 13.5. The summed E-state index contributed by atoms with van der Waals surface area (Å²) in [5, 5.41) is 0. The first-order valence-electron chi connectivity index (χ1n) is 4.29. The zero-order chi connectivity index (χ0) is 12.4. The first-order chi connectivity index (χ1) is 7.24. The van der Waals surface area contributed by atoms with Gasteiger partial charge < -0.3 is 0 Å². The van der Waals surface area contributed by atoms with Crippen molar-refractivity contribution in [2.75, 3.05) is 6.61 Å². The first-order valence-corrected chi connectivity index (χ1v) is 6.52. The Bertz CT molecular complexity index is 447. The second-order valence-corrected chi connectivity index (χ2v) is 5.92. The molecule has 16 heavy (non-hydrogen) atoms. The van der Waals surface area contributed by atoms with Crippen LogP contribution in [0, 0.1) is 0 Å². The molecule has 0 aliphatic heterocycles. The van der Waals surface area contributed by atoms with Crippen molar-refractivity contribution in [1.29, 1.82) is 0 Å². The molecule has 0 aliphatic rings.